The van der Waals surface area contributed by atoms with Crippen molar-refractivity contribution in [3.63, 3.8) is 0 Å². The van der Waals surface area contributed by atoms with E-state index in [2.05, 4.69) is 5.16 Å². The van der Waals surface area contributed by atoms with Crippen molar-refractivity contribution < 1.29 is 19.3 Å². The number of benzene rings is 2. The minimum absolute atomic E-state index is 0.124. The number of ether oxygens (including phenoxy) is 1. The Balaban J connectivity index is 1.89. The van der Waals surface area contributed by atoms with Crippen LogP contribution in [0.4, 0.5) is 5.69 Å². The monoisotopic (exact) mass is 326 g/mol. The van der Waals surface area contributed by atoms with Crippen molar-refractivity contribution in [3.8, 4) is 17.0 Å². The van der Waals surface area contributed by atoms with Crippen molar-refractivity contribution >= 4 is 5.69 Å². The van der Waals surface area contributed by atoms with Gasteiger partial charge >= 0.3 is 5.69 Å². The minimum Gasteiger partial charge on any atom is -0.482 e. The van der Waals surface area contributed by atoms with Gasteiger partial charge in [-0.3, -0.25) is 10.1 Å². The number of nitro benzene ring substituents is 1. The average Bonchev–Trinajstić information content (AvgIpc) is 3.09. The Hall–Kier alpha value is -3.19. The van der Waals surface area contributed by atoms with E-state index in [1.54, 1.807) is 18.2 Å². The molecule has 0 amide bonds. The fourth-order valence-electron chi connectivity index (χ4n) is 2.20. The molecule has 1 heterocycles. The molecule has 0 atom stereocenters. The van der Waals surface area contributed by atoms with Gasteiger partial charge in [-0.25, -0.2) is 0 Å². The molecule has 0 aliphatic carbocycles. The number of aliphatic hydroxyl groups is 1. The van der Waals surface area contributed by atoms with Crippen LogP contribution in [0.5, 0.6) is 5.75 Å². The first-order valence-electron chi connectivity index (χ1n) is 7.19. The molecule has 1 N–H and O–H groups in total. The third-order valence-corrected chi connectivity index (χ3v) is 3.40. The molecule has 0 spiro atoms. The van der Waals surface area contributed by atoms with E-state index in [1.165, 1.54) is 6.07 Å². The van der Waals surface area contributed by atoms with Crippen molar-refractivity contribution in [2.75, 3.05) is 0 Å². The summed E-state index contributed by atoms with van der Waals surface area (Å²) in [6, 6.07) is 15.4. The minimum atomic E-state index is -0.494. The summed E-state index contributed by atoms with van der Waals surface area (Å²) in [5, 5.41) is 24.1. The highest BCUT2D eigenvalue weighted by Crippen LogP contribution is 2.32. The van der Waals surface area contributed by atoms with Gasteiger partial charge in [-0.15, -0.1) is 0 Å². The molecular formula is C17H14N2O5. The molecule has 122 valence electrons. The quantitative estimate of drug-likeness (QED) is 0.551. The van der Waals surface area contributed by atoms with Crippen molar-refractivity contribution in [3.05, 3.63) is 76.0 Å². The van der Waals surface area contributed by atoms with Crippen molar-refractivity contribution in [2.45, 2.75) is 13.2 Å². The fourth-order valence-corrected chi connectivity index (χ4v) is 2.20. The lowest BCUT2D eigenvalue weighted by Gasteiger charge is -2.08. The number of rotatable bonds is 6. The van der Waals surface area contributed by atoms with E-state index < -0.39 is 4.92 Å². The highest BCUT2D eigenvalue weighted by atomic mass is 16.6. The Bertz CT molecular complexity index is 845. The fraction of sp³-hybridized carbons (Fsp3) is 0.118. The molecule has 2 aromatic carbocycles. The van der Waals surface area contributed by atoms with Crippen molar-refractivity contribution in [2.24, 2.45) is 0 Å². The van der Waals surface area contributed by atoms with E-state index in [0.29, 0.717) is 17.0 Å². The molecule has 0 saturated carbocycles. The molecule has 1 aromatic heterocycles. The molecule has 3 rings (SSSR count). The van der Waals surface area contributed by atoms with Gasteiger partial charge in [0.25, 0.3) is 0 Å². The van der Waals surface area contributed by atoms with Gasteiger partial charge in [0, 0.05) is 17.7 Å². The van der Waals surface area contributed by atoms with Crippen LogP contribution in [-0.2, 0) is 13.2 Å². The maximum atomic E-state index is 11.2. The van der Waals surface area contributed by atoms with Crippen LogP contribution in [0.3, 0.4) is 0 Å². The molecule has 0 aliphatic rings. The molecule has 0 fully saturated rings. The molecular weight excluding hydrogens is 312 g/mol. The van der Waals surface area contributed by atoms with Crippen LogP contribution in [0.2, 0.25) is 0 Å². The van der Waals surface area contributed by atoms with E-state index in [9.17, 15) is 10.1 Å². The van der Waals surface area contributed by atoms with Crippen LogP contribution < -0.4 is 4.74 Å². The number of aromatic nitrogens is 1. The molecule has 0 saturated heterocycles. The Kier molecular flexibility index (Phi) is 4.53. The van der Waals surface area contributed by atoms with Crippen molar-refractivity contribution in [1.82, 2.24) is 5.16 Å². The van der Waals surface area contributed by atoms with Gasteiger partial charge in [0.1, 0.15) is 18.9 Å². The molecule has 24 heavy (non-hydrogen) atoms. The molecule has 0 bridgehead atoms. The number of hydrogen-bond acceptors (Lipinski definition) is 6. The largest absolute Gasteiger partial charge is 0.482 e. The smallest absolute Gasteiger partial charge is 0.310 e. The van der Waals surface area contributed by atoms with E-state index in [4.69, 9.17) is 14.4 Å². The predicted octanol–water partition coefficient (Wildman–Crippen LogP) is 3.32. The van der Waals surface area contributed by atoms with E-state index in [-0.39, 0.29) is 24.7 Å². The van der Waals surface area contributed by atoms with Crippen LogP contribution in [0.15, 0.2) is 59.1 Å². The first-order valence-corrected chi connectivity index (χ1v) is 7.19. The summed E-state index contributed by atoms with van der Waals surface area (Å²) >= 11 is 0. The number of nitro groups is 1. The van der Waals surface area contributed by atoms with Gasteiger partial charge < -0.3 is 14.4 Å². The summed E-state index contributed by atoms with van der Waals surface area (Å²) in [5.41, 5.74) is 1.85. The zero-order chi connectivity index (χ0) is 16.9. The summed E-state index contributed by atoms with van der Waals surface area (Å²) in [7, 11) is 0. The first-order chi connectivity index (χ1) is 11.7. The first kappa shape index (κ1) is 15.7. The van der Waals surface area contributed by atoms with Crippen LogP contribution in [0, 0.1) is 10.1 Å². The lowest BCUT2D eigenvalue weighted by atomic mass is 10.1. The van der Waals surface area contributed by atoms with Gasteiger partial charge in [-0.2, -0.15) is 0 Å². The Morgan fingerprint density at radius 1 is 1.17 bits per heavy atom. The van der Waals surface area contributed by atoms with E-state index in [0.717, 1.165) is 5.56 Å². The third kappa shape index (κ3) is 3.41. The Morgan fingerprint density at radius 3 is 2.62 bits per heavy atom. The molecule has 0 aliphatic heterocycles. The van der Waals surface area contributed by atoms with E-state index >= 15 is 0 Å². The molecule has 3 aromatic rings. The van der Waals surface area contributed by atoms with E-state index in [1.807, 2.05) is 30.3 Å². The van der Waals surface area contributed by atoms with Crippen LogP contribution >= 0.6 is 0 Å². The summed E-state index contributed by atoms with van der Waals surface area (Å²) in [4.78, 5) is 10.7. The number of nitrogens with zero attached hydrogens (tertiary/aromatic N) is 2. The maximum Gasteiger partial charge on any atom is 0.310 e. The van der Waals surface area contributed by atoms with Gasteiger partial charge in [0.05, 0.1) is 4.92 Å². The number of aliphatic hydroxyl groups excluding tert-OH is 1. The molecule has 7 nitrogen and oxygen atoms in total. The second-order valence-corrected chi connectivity index (χ2v) is 5.05. The zero-order valence-electron chi connectivity index (χ0n) is 12.6. The van der Waals surface area contributed by atoms with Crippen molar-refractivity contribution in [1.29, 1.82) is 0 Å². The van der Waals surface area contributed by atoms with Crippen LogP contribution in [0.1, 0.15) is 11.3 Å². The summed E-state index contributed by atoms with van der Waals surface area (Å²) in [6.07, 6.45) is 0. The maximum absolute atomic E-state index is 11.2. The number of hydrogen-bond donors (Lipinski definition) is 1. The topological polar surface area (TPSA) is 98.6 Å². The normalized spacial score (nSPS) is 10.5. The molecule has 0 radical (unpaired) electrons. The second kappa shape index (κ2) is 6.93. The highest BCUT2D eigenvalue weighted by Gasteiger charge is 2.18. The standard InChI is InChI=1S/C17H14N2O5/c20-10-14-9-15(18-24-14)13-6-7-16(19(21)22)17(8-13)23-11-12-4-2-1-3-5-12/h1-9,20H,10-11H2. The van der Waals surface area contributed by atoms with Gasteiger partial charge in [-0.05, 0) is 17.7 Å². The lowest BCUT2D eigenvalue weighted by Crippen LogP contribution is -1.99. The Labute approximate surface area is 137 Å². The average molecular weight is 326 g/mol. The van der Waals surface area contributed by atoms with Gasteiger partial charge in [-0.1, -0.05) is 35.5 Å². The molecule has 0 unspecified atom stereocenters. The second-order valence-electron chi connectivity index (χ2n) is 5.05. The summed E-state index contributed by atoms with van der Waals surface area (Å²) < 4.78 is 10.6. The van der Waals surface area contributed by atoms with Crippen LogP contribution in [0.25, 0.3) is 11.3 Å². The van der Waals surface area contributed by atoms with Crippen LogP contribution in [-0.4, -0.2) is 15.2 Å². The SMILES string of the molecule is O=[N+]([O-])c1ccc(-c2cc(CO)on2)cc1OCc1ccccc1. The molecule has 7 heteroatoms. The zero-order valence-corrected chi connectivity index (χ0v) is 12.6. The van der Waals surface area contributed by atoms with Gasteiger partial charge in [0.15, 0.2) is 11.5 Å². The predicted molar refractivity (Wildman–Crippen MR) is 85.3 cm³/mol. The highest BCUT2D eigenvalue weighted by molar-refractivity contribution is 5.65. The third-order valence-electron chi connectivity index (χ3n) is 3.40. The summed E-state index contributed by atoms with van der Waals surface area (Å²) in [6.45, 7) is -0.0524. The summed E-state index contributed by atoms with van der Waals surface area (Å²) in [5.74, 6) is 0.463. The lowest BCUT2D eigenvalue weighted by molar-refractivity contribution is -0.385. The Morgan fingerprint density at radius 2 is 1.96 bits per heavy atom. The van der Waals surface area contributed by atoms with Gasteiger partial charge in [0.2, 0.25) is 0 Å².